The van der Waals surface area contributed by atoms with Gasteiger partial charge in [0, 0.05) is 10.8 Å². The first-order valence-corrected chi connectivity index (χ1v) is 6.49. The van der Waals surface area contributed by atoms with Gasteiger partial charge < -0.3 is 5.11 Å². The van der Waals surface area contributed by atoms with Crippen LogP contribution in [0.3, 0.4) is 0 Å². The number of thiophene rings is 1. The van der Waals surface area contributed by atoms with Gasteiger partial charge in [-0.15, -0.1) is 11.3 Å². The van der Waals surface area contributed by atoms with Gasteiger partial charge in [0.2, 0.25) is 0 Å². The third kappa shape index (κ3) is 3.06. The summed E-state index contributed by atoms with van der Waals surface area (Å²) < 4.78 is 14.3. The van der Waals surface area contributed by atoms with Gasteiger partial charge >= 0.3 is 0 Å². The van der Waals surface area contributed by atoms with Crippen LogP contribution in [0.15, 0.2) is 36.4 Å². The second-order valence-corrected chi connectivity index (χ2v) is 5.61. The Kier molecular flexibility index (Phi) is 4.15. The lowest BCUT2D eigenvalue weighted by Crippen LogP contribution is -2.08. The van der Waals surface area contributed by atoms with E-state index in [1.54, 1.807) is 18.2 Å². The maximum atomic E-state index is 13.6. The van der Waals surface area contributed by atoms with E-state index in [-0.39, 0.29) is 18.3 Å². The molecule has 1 aromatic carbocycles. The standard InChI is InChI=1S/C13H12ClFOS/c14-13-6-5-10(17-13)7-9(8-16)11-3-1-2-4-12(11)15/h1-6,9,16H,7-8H2. The summed E-state index contributed by atoms with van der Waals surface area (Å²) in [5.41, 5.74) is 0.555. The molecule has 1 atom stereocenters. The van der Waals surface area contributed by atoms with E-state index in [9.17, 15) is 9.50 Å². The van der Waals surface area contributed by atoms with Crippen molar-refractivity contribution in [1.29, 1.82) is 0 Å². The zero-order valence-corrected chi connectivity index (χ0v) is 10.6. The molecule has 0 amide bonds. The lowest BCUT2D eigenvalue weighted by molar-refractivity contribution is 0.262. The van der Waals surface area contributed by atoms with Crippen LogP contribution in [0.25, 0.3) is 0 Å². The molecule has 4 heteroatoms. The first-order chi connectivity index (χ1) is 8.20. The molecule has 90 valence electrons. The molecule has 2 aromatic rings. The summed E-state index contributed by atoms with van der Waals surface area (Å²) >= 11 is 7.31. The van der Waals surface area contributed by atoms with Crippen molar-refractivity contribution in [2.45, 2.75) is 12.3 Å². The van der Waals surface area contributed by atoms with Gasteiger partial charge in [0.25, 0.3) is 0 Å². The number of hydrogen-bond acceptors (Lipinski definition) is 2. The summed E-state index contributed by atoms with van der Waals surface area (Å²) in [5, 5.41) is 9.38. The summed E-state index contributed by atoms with van der Waals surface area (Å²) in [6, 6.07) is 10.3. The summed E-state index contributed by atoms with van der Waals surface area (Å²) in [4.78, 5) is 1.05. The lowest BCUT2D eigenvalue weighted by atomic mass is 9.95. The molecular weight excluding hydrogens is 259 g/mol. The topological polar surface area (TPSA) is 20.2 Å². The Morgan fingerprint density at radius 1 is 1.24 bits per heavy atom. The number of aliphatic hydroxyl groups is 1. The van der Waals surface area contributed by atoms with Crippen LogP contribution in [0.4, 0.5) is 4.39 Å². The Balaban J connectivity index is 2.20. The molecule has 0 radical (unpaired) electrons. The van der Waals surface area contributed by atoms with Gasteiger partial charge in [-0.05, 0) is 30.2 Å². The number of rotatable bonds is 4. The molecule has 0 bridgehead atoms. The largest absolute Gasteiger partial charge is 0.396 e. The molecule has 1 nitrogen and oxygen atoms in total. The quantitative estimate of drug-likeness (QED) is 0.894. The molecule has 0 aliphatic heterocycles. The summed E-state index contributed by atoms with van der Waals surface area (Å²) in [5.74, 6) is -0.486. The highest BCUT2D eigenvalue weighted by Crippen LogP contribution is 2.28. The van der Waals surface area contributed by atoms with Crippen LogP contribution in [-0.2, 0) is 6.42 Å². The van der Waals surface area contributed by atoms with Gasteiger partial charge in [-0.25, -0.2) is 4.39 Å². The van der Waals surface area contributed by atoms with Crippen LogP contribution < -0.4 is 0 Å². The van der Waals surface area contributed by atoms with Crippen molar-refractivity contribution in [2.75, 3.05) is 6.61 Å². The van der Waals surface area contributed by atoms with Crippen LogP contribution in [0.1, 0.15) is 16.4 Å². The fourth-order valence-corrected chi connectivity index (χ4v) is 2.95. The van der Waals surface area contributed by atoms with E-state index in [0.29, 0.717) is 16.3 Å². The van der Waals surface area contributed by atoms with E-state index in [4.69, 9.17) is 11.6 Å². The molecule has 0 saturated heterocycles. The Morgan fingerprint density at radius 2 is 2.00 bits per heavy atom. The van der Waals surface area contributed by atoms with Crippen LogP contribution in [0.5, 0.6) is 0 Å². The fourth-order valence-electron chi connectivity index (χ4n) is 1.78. The number of aliphatic hydroxyl groups excluding tert-OH is 1. The summed E-state index contributed by atoms with van der Waals surface area (Å²) in [7, 11) is 0. The van der Waals surface area contributed by atoms with Crippen molar-refractivity contribution >= 4 is 22.9 Å². The van der Waals surface area contributed by atoms with E-state index in [0.717, 1.165) is 4.88 Å². The van der Waals surface area contributed by atoms with E-state index >= 15 is 0 Å². The minimum absolute atomic E-state index is 0.0730. The van der Waals surface area contributed by atoms with Gasteiger partial charge in [-0.3, -0.25) is 0 Å². The predicted molar refractivity (Wildman–Crippen MR) is 69.3 cm³/mol. The van der Waals surface area contributed by atoms with Crippen molar-refractivity contribution in [3.8, 4) is 0 Å². The minimum atomic E-state index is -0.269. The number of benzene rings is 1. The minimum Gasteiger partial charge on any atom is -0.396 e. The Labute approximate surface area is 108 Å². The number of hydrogen-bond donors (Lipinski definition) is 1. The predicted octanol–water partition coefficient (Wildman–Crippen LogP) is 3.86. The van der Waals surface area contributed by atoms with Gasteiger partial charge in [0.05, 0.1) is 10.9 Å². The van der Waals surface area contributed by atoms with Crippen LogP contribution in [-0.4, -0.2) is 11.7 Å². The third-order valence-corrected chi connectivity index (χ3v) is 3.90. The molecule has 1 heterocycles. The van der Waals surface area contributed by atoms with E-state index in [1.807, 2.05) is 12.1 Å². The second-order valence-electron chi connectivity index (χ2n) is 3.81. The van der Waals surface area contributed by atoms with Gasteiger partial charge in [0.15, 0.2) is 0 Å². The molecule has 0 aliphatic carbocycles. The molecule has 1 aromatic heterocycles. The smallest absolute Gasteiger partial charge is 0.126 e. The highest BCUT2D eigenvalue weighted by Gasteiger charge is 2.16. The van der Waals surface area contributed by atoms with Crippen molar-refractivity contribution < 1.29 is 9.50 Å². The Bertz CT molecular complexity index is 498. The van der Waals surface area contributed by atoms with Crippen molar-refractivity contribution in [2.24, 2.45) is 0 Å². The first-order valence-electron chi connectivity index (χ1n) is 5.30. The monoisotopic (exact) mass is 270 g/mol. The molecule has 1 unspecified atom stereocenters. The zero-order chi connectivity index (χ0) is 12.3. The molecule has 0 fully saturated rings. The third-order valence-electron chi connectivity index (χ3n) is 2.64. The van der Waals surface area contributed by atoms with Crippen molar-refractivity contribution in [3.05, 3.63) is 57.0 Å². The van der Waals surface area contributed by atoms with Crippen LogP contribution >= 0.6 is 22.9 Å². The highest BCUT2D eigenvalue weighted by molar-refractivity contribution is 7.16. The van der Waals surface area contributed by atoms with Gasteiger partial charge in [-0.1, -0.05) is 29.8 Å². The average Bonchev–Trinajstić information content (AvgIpc) is 2.73. The zero-order valence-electron chi connectivity index (χ0n) is 9.07. The van der Waals surface area contributed by atoms with E-state index in [1.165, 1.54) is 17.4 Å². The second kappa shape index (κ2) is 5.63. The van der Waals surface area contributed by atoms with Crippen molar-refractivity contribution in [3.63, 3.8) is 0 Å². The van der Waals surface area contributed by atoms with Crippen LogP contribution in [0.2, 0.25) is 4.34 Å². The fraction of sp³-hybridized carbons (Fsp3) is 0.231. The maximum absolute atomic E-state index is 13.6. The number of halogens is 2. The molecular formula is C13H12ClFOS. The maximum Gasteiger partial charge on any atom is 0.126 e. The summed E-state index contributed by atoms with van der Waals surface area (Å²) in [6.45, 7) is -0.0730. The van der Waals surface area contributed by atoms with Crippen molar-refractivity contribution in [1.82, 2.24) is 0 Å². The molecule has 2 rings (SSSR count). The lowest BCUT2D eigenvalue weighted by Gasteiger charge is -2.14. The Hall–Kier alpha value is -0.900. The molecule has 0 saturated carbocycles. The van der Waals surface area contributed by atoms with Crippen LogP contribution in [0, 0.1) is 5.82 Å². The average molecular weight is 271 g/mol. The summed E-state index contributed by atoms with van der Waals surface area (Å²) in [6.07, 6.45) is 0.606. The van der Waals surface area contributed by atoms with Gasteiger partial charge in [-0.2, -0.15) is 0 Å². The SMILES string of the molecule is OCC(Cc1ccc(Cl)s1)c1ccccc1F. The normalized spacial score (nSPS) is 12.6. The highest BCUT2D eigenvalue weighted by atomic mass is 35.5. The molecule has 1 N–H and O–H groups in total. The van der Waals surface area contributed by atoms with Gasteiger partial charge in [0.1, 0.15) is 5.82 Å². The van der Waals surface area contributed by atoms with E-state index in [2.05, 4.69) is 0 Å². The molecule has 0 aliphatic rings. The molecule has 17 heavy (non-hydrogen) atoms. The van der Waals surface area contributed by atoms with E-state index < -0.39 is 0 Å². The first kappa shape index (κ1) is 12.6. The molecule has 0 spiro atoms. The Morgan fingerprint density at radius 3 is 2.59 bits per heavy atom.